The minimum absolute atomic E-state index is 0.0498. The van der Waals surface area contributed by atoms with Crippen molar-refractivity contribution in [3.8, 4) is 0 Å². The van der Waals surface area contributed by atoms with Gasteiger partial charge in [0.1, 0.15) is 0 Å². The number of aromatic nitrogens is 1. The van der Waals surface area contributed by atoms with Crippen molar-refractivity contribution in [3.63, 3.8) is 0 Å². The van der Waals surface area contributed by atoms with Crippen molar-refractivity contribution in [2.45, 2.75) is 45.0 Å². The average Bonchev–Trinajstić information content (AvgIpc) is 3.23. The lowest BCUT2D eigenvalue weighted by Crippen LogP contribution is -2.14. The predicted molar refractivity (Wildman–Crippen MR) is 119 cm³/mol. The number of nitrogens with zero attached hydrogens (tertiary/aromatic N) is 1. The summed E-state index contributed by atoms with van der Waals surface area (Å²) in [6.07, 6.45) is -12.2. The Morgan fingerprint density at radius 2 is 2.17 bits per heavy atom. The summed E-state index contributed by atoms with van der Waals surface area (Å²) >= 11 is 0.717. The van der Waals surface area contributed by atoms with Crippen molar-refractivity contribution in [1.82, 2.24) is 4.98 Å². The van der Waals surface area contributed by atoms with Crippen LogP contribution in [0.25, 0.3) is 0 Å². The molecule has 0 aliphatic rings. The molecule has 0 fully saturated rings. The minimum Gasteiger partial charge on any atom is -0.388 e. The summed E-state index contributed by atoms with van der Waals surface area (Å²) < 4.78 is 97.6. The zero-order valence-electron chi connectivity index (χ0n) is 27.5. The van der Waals surface area contributed by atoms with Crippen molar-refractivity contribution in [2.75, 3.05) is 11.1 Å². The summed E-state index contributed by atoms with van der Waals surface area (Å²) in [5.41, 5.74) is 4.33. The second kappa shape index (κ2) is 10.2. The van der Waals surface area contributed by atoms with E-state index in [1.807, 2.05) is 0 Å². The first-order chi connectivity index (χ1) is 18.6. The van der Waals surface area contributed by atoms with Crippen molar-refractivity contribution in [3.05, 3.63) is 76.2 Å². The Kier molecular flexibility index (Phi) is 3.64. The number of hydrogen-bond donors (Lipinski definition) is 3. The van der Waals surface area contributed by atoms with Gasteiger partial charge in [0.25, 0.3) is 0 Å². The molecule has 3 rings (SSSR count). The first-order valence-corrected chi connectivity index (χ1v) is 9.42. The first kappa shape index (κ1) is 10.4. The molecule has 3 aromatic rings. The van der Waals surface area contributed by atoms with Gasteiger partial charge in [-0.15, -0.1) is 11.3 Å². The lowest BCUT2D eigenvalue weighted by Gasteiger charge is -2.11. The molecular formula is C23H27N3O2S. The number of nitrogen functional groups attached to an aromatic ring is 1. The fraction of sp³-hybridized carbons (Fsp3) is 0.304. The van der Waals surface area contributed by atoms with E-state index < -0.39 is 79.4 Å². The number of amides is 1. The summed E-state index contributed by atoms with van der Waals surface area (Å²) in [6, 6.07) is 2.63. The van der Waals surface area contributed by atoms with Gasteiger partial charge in [-0.2, -0.15) is 0 Å². The van der Waals surface area contributed by atoms with Crippen LogP contribution in [0.3, 0.4) is 0 Å². The van der Waals surface area contributed by atoms with Crippen LogP contribution in [0.5, 0.6) is 0 Å². The van der Waals surface area contributed by atoms with Crippen LogP contribution in [0, 0.1) is 6.92 Å². The third-order valence-electron chi connectivity index (χ3n) is 3.58. The van der Waals surface area contributed by atoms with E-state index in [1.165, 1.54) is 31.2 Å². The van der Waals surface area contributed by atoms with Crippen LogP contribution in [0.2, 0.25) is 0 Å². The number of thiazole rings is 1. The number of carbonyl (C=O) groups is 1. The van der Waals surface area contributed by atoms with Gasteiger partial charge in [0.2, 0.25) is 5.91 Å². The van der Waals surface area contributed by atoms with Gasteiger partial charge in [0, 0.05) is 19.3 Å². The molecule has 0 aliphatic heterocycles. The fourth-order valence-corrected chi connectivity index (χ4v) is 2.72. The van der Waals surface area contributed by atoms with Gasteiger partial charge in [-0.05, 0) is 49.4 Å². The van der Waals surface area contributed by atoms with E-state index in [-0.39, 0.29) is 27.3 Å². The Morgan fingerprint density at radius 1 is 1.38 bits per heavy atom. The lowest BCUT2D eigenvalue weighted by atomic mass is 10.00. The predicted octanol–water partition coefficient (Wildman–Crippen LogP) is 4.66. The molecule has 1 heterocycles. The van der Waals surface area contributed by atoms with Gasteiger partial charge in [-0.25, -0.2) is 4.98 Å². The third kappa shape index (κ3) is 6.69. The minimum atomic E-state index is -3.19. The highest BCUT2D eigenvalue weighted by molar-refractivity contribution is 7.13. The topological polar surface area (TPSA) is 88.2 Å². The van der Waals surface area contributed by atoms with Crippen LogP contribution in [0.1, 0.15) is 64.1 Å². The molecular weight excluding hydrogens is 382 g/mol. The zero-order valence-corrected chi connectivity index (χ0v) is 16.3. The van der Waals surface area contributed by atoms with Crippen molar-refractivity contribution in [2.24, 2.45) is 0 Å². The van der Waals surface area contributed by atoms with Crippen LogP contribution in [0.15, 0.2) is 53.8 Å². The average molecular weight is 422 g/mol. The molecule has 2 aromatic carbocycles. The van der Waals surface area contributed by atoms with Gasteiger partial charge in [0.05, 0.1) is 26.4 Å². The highest BCUT2D eigenvalue weighted by Gasteiger charge is 2.08. The molecule has 1 aromatic heterocycles. The molecule has 6 heteroatoms. The molecule has 0 saturated heterocycles. The molecule has 0 aliphatic carbocycles. The van der Waals surface area contributed by atoms with Crippen molar-refractivity contribution < 1.29 is 26.4 Å². The Labute approximate surface area is 192 Å². The fourth-order valence-electron chi connectivity index (χ4n) is 2.28. The van der Waals surface area contributed by atoms with Gasteiger partial charge in [-0.3, -0.25) is 4.79 Å². The van der Waals surface area contributed by atoms with E-state index in [1.54, 1.807) is 0 Å². The van der Waals surface area contributed by atoms with Gasteiger partial charge < -0.3 is 16.2 Å². The molecule has 1 amide bonds. The van der Waals surface area contributed by atoms with Crippen LogP contribution in [-0.4, -0.2) is 16.0 Å². The number of aliphatic hydroxyl groups is 1. The van der Waals surface area contributed by atoms with Crippen LogP contribution in [0.4, 0.5) is 10.8 Å². The lowest BCUT2D eigenvalue weighted by molar-refractivity contribution is -0.115. The summed E-state index contributed by atoms with van der Waals surface area (Å²) in [5, 5.41) is 12.8. The Morgan fingerprint density at radius 3 is 2.90 bits per heavy atom. The van der Waals surface area contributed by atoms with E-state index in [9.17, 15) is 9.90 Å². The standard InChI is InChI=1S/C23H27N3O2S/c1-16-5-4-7-18(13-16)21(27)8-3-2-6-17-9-11-19(12-10-17)25-22(28)14-20-15-29-23(24)26-20/h4-5,7,9-13,15,21,27H,2-3,6,8,14H2,1H3,(H2,24,26)(H,25,28)/t21-/m0/s1/i4D,5D,6D2,7D,8D2,13D,14D2,15D,21D. The molecule has 5 nitrogen and oxygen atoms in total. The summed E-state index contributed by atoms with van der Waals surface area (Å²) in [5.74, 6) is -1.12. The number of nitrogens with one attached hydrogen (secondary N) is 1. The Bertz CT molecular complexity index is 1450. The highest BCUT2D eigenvalue weighted by atomic mass is 32.1. The second-order valence-corrected chi connectivity index (χ2v) is 6.69. The van der Waals surface area contributed by atoms with E-state index in [0.717, 1.165) is 0 Å². The van der Waals surface area contributed by atoms with E-state index in [2.05, 4.69) is 10.3 Å². The van der Waals surface area contributed by atoms with Crippen molar-refractivity contribution in [1.29, 1.82) is 0 Å². The quantitative estimate of drug-likeness (QED) is 0.469. The molecule has 0 saturated carbocycles. The Hall–Kier alpha value is -2.70. The number of rotatable bonds is 9. The molecule has 152 valence electrons. The molecule has 0 radical (unpaired) electrons. The smallest absolute Gasteiger partial charge is 0.230 e. The Balaban J connectivity index is 1.77. The second-order valence-electron chi connectivity index (χ2n) is 5.86. The summed E-state index contributed by atoms with van der Waals surface area (Å²) in [4.78, 5) is 16.3. The maximum atomic E-state index is 12.6. The SMILES string of the molecule is [2H]c1sc(N)nc1C([2H])([2H])C(=O)Nc1ccc(C([2H])([2H])CCC([2H])([2H])[C@]([2H])(O)c2c([2H])c([2H])c([2H])c(C)c2[2H])cc1. The van der Waals surface area contributed by atoms with Crippen LogP contribution < -0.4 is 11.1 Å². The van der Waals surface area contributed by atoms with E-state index in [4.69, 9.17) is 22.2 Å². The van der Waals surface area contributed by atoms with E-state index >= 15 is 0 Å². The third-order valence-corrected chi connectivity index (χ3v) is 4.18. The maximum Gasteiger partial charge on any atom is 0.230 e. The maximum absolute atomic E-state index is 12.6. The first-order valence-electron chi connectivity index (χ1n) is 14.6. The van der Waals surface area contributed by atoms with Gasteiger partial charge in [-0.1, -0.05) is 48.3 Å². The monoisotopic (exact) mass is 421 g/mol. The molecule has 0 spiro atoms. The van der Waals surface area contributed by atoms with Gasteiger partial charge >= 0.3 is 0 Å². The van der Waals surface area contributed by atoms with E-state index in [0.29, 0.717) is 11.3 Å². The van der Waals surface area contributed by atoms with Crippen LogP contribution in [-0.2, 0) is 17.5 Å². The van der Waals surface area contributed by atoms with Gasteiger partial charge in [0.15, 0.2) is 5.13 Å². The number of hydrogen-bond acceptors (Lipinski definition) is 5. The number of benzene rings is 2. The largest absolute Gasteiger partial charge is 0.388 e. The number of carbonyl (C=O) groups excluding carboxylic acids is 1. The number of aryl methyl sites for hydroxylation is 1. The summed E-state index contributed by atoms with van der Waals surface area (Å²) in [6.45, 7) is 1.29. The number of anilines is 2. The normalized spacial score (nSPS) is 20.5. The van der Waals surface area contributed by atoms with Crippen molar-refractivity contribution >= 4 is 28.1 Å². The summed E-state index contributed by atoms with van der Waals surface area (Å²) in [7, 11) is 0. The van der Waals surface area contributed by atoms with Crippen LogP contribution >= 0.6 is 11.3 Å². The molecule has 0 unspecified atom stereocenters. The molecule has 4 N–H and O–H groups in total. The number of nitrogens with two attached hydrogens (primary N) is 1. The molecule has 29 heavy (non-hydrogen) atoms. The molecule has 0 bridgehead atoms. The zero-order chi connectivity index (χ0) is 31.3. The highest BCUT2D eigenvalue weighted by Crippen LogP contribution is 2.21. The molecule has 1 atom stereocenters.